The third kappa shape index (κ3) is 5.28. The fourth-order valence-corrected chi connectivity index (χ4v) is 10.8. The lowest BCUT2D eigenvalue weighted by molar-refractivity contribution is 0.828. The average molecular weight is 852 g/mol. The van der Waals surface area contributed by atoms with Crippen LogP contribution in [0.2, 0.25) is 0 Å². The number of nitrogens with zero attached hydrogens (tertiary/aromatic N) is 7. The van der Waals surface area contributed by atoms with Crippen molar-refractivity contribution >= 4 is 132 Å². The van der Waals surface area contributed by atoms with E-state index in [1.807, 2.05) is 0 Å². The number of benzene rings is 12. The van der Waals surface area contributed by atoms with E-state index in [2.05, 4.69) is 200 Å². The van der Waals surface area contributed by atoms with Gasteiger partial charge >= 0.3 is 0 Å². The Labute approximate surface area is 382 Å². The summed E-state index contributed by atoms with van der Waals surface area (Å²) in [5, 5.41) is 20.6. The zero-order valence-electron chi connectivity index (χ0n) is 35.7. The predicted molar refractivity (Wildman–Crippen MR) is 281 cm³/mol. The normalized spacial score (nSPS) is 14.8. The highest BCUT2D eigenvalue weighted by Crippen LogP contribution is 2.39. The molecule has 0 bridgehead atoms. The fraction of sp³-hybridized carbons (Fsp3) is 0. The van der Waals surface area contributed by atoms with Crippen LogP contribution in [0.5, 0.6) is 0 Å². The topological polar surface area (TPSA) is 77.4 Å². The second kappa shape index (κ2) is 13.7. The SMILES string of the molecule is c1ccc2c(c1)ccc1cc(C3=NC4=NC(c5cc6ccc7ccccc7c6c6ccccc56)=NC5=NC(c6cc7ccc8ccccc8c7c7ccccc67)=NC(=N3)N45)c3ccccc3c12. The fourth-order valence-electron chi connectivity index (χ4n) is 10.8. The van der Waals surface area contributed by atoms with Crippen molar-refractivity contribution < 1.29 is 0 Å². The van der Waals surface area contributed by atoms with E-state index in [0.29, 0.717) is 35.4 Å². The second-order valence-corrected chi connectivity index (χ2v) is 17.4. The number of guanidine groups is 3. The molecule has 0 aliphatic carbocycles. The van der Waals surface area contributed by atoms with Gasteiger partial charge in [-0.05, 0) is 115 Å². The van der Waals surface area contributed by atoms with Gasteiger partial charge in [0.25, 0.3) is 0 Å². The molecule has 12 aromatic carbocycles. The summed E-state index contributed by atoms with van der Waals surface area (Å²) < 4.78 is 0. The first-order valence-corrected chi connectivity index (χ1v) is 22.5. The summed E-state index contributed by atoms with van der Waals surface area (Å²) in [6, 6.07) is 71.1. The van der Waals surface area contributed by atoms with Crippen LogP contribution < -0.4 is 0 Å². The van der Waals surface area contributed by atoms with Crippen molar-refractivity contribution in [2.45, 2.75) is 0 Å². The van der Waals surface area contributed by atoms with Gasteiger partial charge in [-0.3, -0.25) is 0 Å². The molecule has 0 radical (unpaired) electrons. The number of fused-ring (bicyclic) bond motifs is 15. The van der Waals surface area contributed by atoms with Crippen molar-refractivity contribution in [1.29, 1.82) is 0 Å². The Morgan fingerprint density at radius 2 is 0.478 bits per heavy atom. The molecule has 12 aromatic rings. The minimum atomic E-state index is 0.409. The summed E-state index contributed by atoms with van der Waals surface area (Å²) in [5.41, 5.74) is 2.68. The lowest BCUT2D eigenvalue weighted by atomic mass is 9.93. The first-order valence-electron chi connectivity index (χ1n) is 22.5. The Morgan fingerprint density at radius 1 is 0.224 bits per heavy atom. The molecule has 15 rings (SSSR count). The van der Waals surface area contributed by atoms with Gasteiger partial charge in [0.1, 0.15) is 0 Å². The largest absolute Gasteiger partial charge is 0.243 e. The van der Waals surface area contributed by atoms with Crippen molar-refractivity contribution in [3.63, 3.8) is 0 Å². The van der Waals surface area contributed by atoms with Crippen LogP contribution in [0, 0.1) is 0 Å². The van der Waals surface area contributed by atoms with E-state index in [4.69, 9.17) is 30.0 Å². The van der Waals surface area contributed by atoms with Crippen LogP contribution in [0.3, 0.4) is 0 Å². The highest BCUT2D eigenvalue weighted by molar-refractivity contribution is 6.38. The monoisotopic (exact) mass is 851 g/mol. The Bertz CT molecular complexity index is 4000. The smallest absolute Gasteiger partial charge is 0.213 e. The second-order valence-electron chi connectivity index (χ2n) is 17.4. The molecule has 0 aromatic heterocycles. The van der Waals surface area contributed by atoms with Crippen molar-refractivity contribution in [3.8, 4) is 0 Å². The number of hydrogen-bond acceptors (Lipinski definition) is 7. The Hall–Kier alpha value is -9.20. The lowest BCUT2D eigenvalue weighted by Crippen LogP contribution is -2.48. The van der Waals surface area contributed by atoms with Crippen LogP contribution in [0.4, 0.5) is 0 Å². The number of amidine groups is 3. The van der Waals surface area contributed by atoms with Crippen LogP contribution in [-0.4, -0.2) is 40.3 Å². The molecule has 7 heteroatoms. The highest BCUT2D eigenvalue weighted by atomic mass is 15.5. The van der Waals surface area contributed by atoms with Gasteiger partial charge in [0.2, 0.25) is 17.9 Å². The molecular weight excluding hydrogens is 819 g/mol. The molecule has 3 aliphatic heterocycles. The van der Waals surface area contributed by atoms with Gasteiger partial charge in [0.15, 0.2) is 17.5 Å². The molecule has 308 valence electrons. The maximum atomic E-state index is 5.33. The predicted octanol–water partition coefficient (Wildman–Crippen LogP) is 14.1. The highest BCUT2D eigenvalue weighted by Gasteiger charge is 2.37. The van der Waals surface area contributed by atoms with Gasteiger partial charge in [-0.15, -0.1) is 0 Å². The summed E-state index contributed by atoms with van der Waals surface area (Å²) in [5.74, 6) is 2.79. The van der Waals surface area contributed by atoms with Gasteiger partial charge in [-0.25, -0.2) is 4.90 Å². The van der Waals surface area contributed by atoms with E-state index in [-0.39, 0.29) is 0 Å². The van der Waals surface area contributed by atoms with Crippen molar-refractivity contribution in [2.75, 3.05) is 0 Å². The Morgan fingerprint density at radius 3 is 0.791 bits per heavy atom. The minimum Gasteiger partial charge on any atom is -0.213 e. The molecule has 3 aliphatic rings. The van der Waals surface area contributed by atoms with Gasteiger partial charge in [0.05, 0.1) is 0 Å². The van der Waals surface area contributed by atoms with E-state index in [9.17, 15) is 0 Å². The molecule has 0 N–H and O–H groups in total. The Kier molecular flexibility index (Phi) is 7.37. The zero-order valence-corrected chi connectivity index (χ0v) is 35.7. The summed E-state index contributed by atoms with van der Waals surface area (Å²) in [7, 11) is 0. The third-order valence-corrected chi connectivity index (χ3v) is 13.8. The first kappa shape index (κ1) is 36.2. The number of rotatable bonds is 3. The van der Waals surface area contributed by atoms with Crippen molar-refractivity contribution in [1.82, 2.24) is 4.90 Å². The van der Waals surface area contributed by atoms with Crippen molar-refractivity contribution in [3.05, 3.63) is 217 Å². The van der Waals surface area contributed by atoms with Gasteiger partial charge < -0.3 is 0 Å². The maximum Gasteiger partial charge on any atom is 0.243 e. The quantitative estimate of drug-likeness (QED) is 0.163. The summed E-state index contributed by atoms with van der Waals surface area (Å²) in [6.07, 6.45) is 0. The molecular formula is C60H33N7. The number of hydrogen-bond donors (Lipinski definition) is 0. The third-order valence-electron chi connectivity index (χ3n) is 13.8. The molecule has 67 heavy (non-hydrogen) atoms. The van der Waals surface area contributed by atoms with E-state index >= 15 is 0 Å². The molecule has 7 nitrogen and oxygen atoms in total. The van der Waals surface area contributed by atoms with Crippen LogP contribution >= 0.6 is 0 Å². The summed E-state index contributed by atoms with van der Waals surface area (Å²) >= 11 is 0. The lowest BCUT2D eigenvalue weighted by Gasteiger charge is -2.31. The minimum absolute atomic E-state index is 0.409. The van der Waals surface area contributed by atoms with Gasteiger partial charge in [-0.2, -0.15) is 30.0 Å². The molecule has 0 spiro atoms. The number of aliphatic imine (C=N–C) groups is 6. The summed E-state index contributed by atoms with van der Waals surface area (Å²) in [4.78, 5) is 33.8. The molecule has 0 amide bonds. The summed E-state index contributed by atoms with van der Waals surface area (Å²) in [6.45, 7) is 0. The van der Waals surface area contributed by atoms with Gasteiger partial charge in [0, 0.05) is 16.7 Å². The standard InChI is InChI=1S/C60H33N7/c1-4-16-40-34(13-1)25-28-37-31-49(43-19-7-10-22-46(43)52(37)40)55-61-58-63-56(50-32-38-29-26-35-14-2-5-17-41(35)53(38)47-23-11-8-20-44(47)50)65-60-66-57(64-59(62-55)67(58)60)51-33-39-30-27-36-15-3-6-18-42(36)54(39)48-24-12-9-21-45(48)51/h1-33H. The van der Waals surface area contributed by atoms with E-state index in [1.54, 1.807) is 4.90 Å². The molecule has 0 unspecified atom stereocenters. The van der Waals surface area contributed by atoms with E-state index in [0.717, 1.165) is 65.2 Å². The molecule has 0 atom stereocenters. The zero-order chi connectivity index (χ0) is 43.7. The van der Waals surface area contributed by atoms with E-state index < -0.39 is 0 Å². The maximum absolute atomic E-state index is 5.33. The van der Waals surface area contributed by atoms with E-state index in [1.165, 1.54) is 48.5 Å². The molecule has 0 saturated carbocycles. The van der Waals surface area contributed by atoms with Crippen LogP contribution in [0.15, 0.2) is 230 Å². The van der Waals surface area contributed by atoms with Crippen molar-refractivity contribution in [2.24, 2.45) is 30.0 Å². The Balaban J connectivity index is 1.01. The first-order chi connectivity index (χ1) is 33.2. The van der Waals surface area contributed by atoms with Crippen LogP contribution in [0.25, 0.3) is 97.0 Å². The van der Waals surface area contributed by atoms with Gasteiger partial charge in [-0.1, -0.05) is 182 Å². The van der Waals surface area contributed by atoms with Crippen LogP contribution in [-0.2, 0) is 0 Å². The molecule has 0 fully saturated rings. The molecule has 0 saturated heterocycles. The van der Waals surface area contributed by atoms with Crippen LogP contribution in [0.1, 0.15) is 16.7 Å². The molecule has 3 heterocycles. The average Bonchev–Trinajstić information content (AvgIpc) is 3.39.